The highest BCUT2D eigenvalue weighted by Crippen LogP contribution is 2.32. The zero-order valence-electron chi connectivity index (χ0n) is 15.0. The van der Waals surface area contributed by atoms with Gasteiger partial charge >= 0.3 is 0 Å². The van der Waals surface area contributed by atoms with Gasteiger partial charge in [-0.15, -0.1) is 0 Å². The Balaban J connectivity index is 1.66. The summed E-state index contributed by atoms with van der Waals surface area (Å²) in [4.78, 5) is 25.9. The molecule has 1 unspecified atom stereocenters. The van der Waals surface area contributed by atoms with Crippen molar-refractivity contribution in [3.8, 4) is 5.75 Å². The topological polar surface area (TPSA) is 70.7 Å². The largest absolute Gasteiger partial charge is 0.479 e. The summed E-state index contributed by atoms with van der Waals surface area (Å²) in [5.74, 6) is -0.0869. The zero-order valence-corrected chi connectivity index (χ0v) is 17.2. The lowest BCUT2D eigenvalue weighted by Gasteiger charge is -2.29. The van der Waals surface area contributed by atoms with Crippen molar-refractivity contribution in [1.82, 2.24) is 5.32 Å². The Morgan fingerprint density at radius 2 is 2.00 bits per heavy atom. The Morgan fingerprint density at radius 3 is 2.71 bits per heavy atom. The third-order valence-corrected chi connectivity index (χ3v) is 5.29. The molecule has 1 saturated heterocycles. The molecule has 2 amide bonds. The quantitative estimate of drug-likeness (QED) is 0.734. The molecule has 148 valence electrons. The van der Waals surface area contributed by atoms with Gasteiger partial charge in [0.2, 0.25) is 5.91 Å². The Kier molecular flexibility index (Phi) is 6.54. The van der Waals surface area contributed by atoms with Crippen LogP contribution in [0.25, 0.3) is 0 Å². The van der Waals surface area contributed by atoms with Gasteiger partial charge in [0.15, 0.2) is 6.10 Å². The number of carbonyl (C=O) groups is 2. The molecule has 1 heterocycles. The average Bonchev–Trinajstić information content (AvgIpc) is 2.65. The number of carbonyl (C=O) groups excluding carboxylic acids is 2. The van der Waals surface area contributed by atoms with E-state index >= 15 is 0 Å². The summed E-state index contributed by atoms with van der Waals surface area (Å²) in [5, 5.41) is 6.56. The molecular weight excluding hydrogens is 425 g/mol. The lowest BCUT2D eigenvalue weighted by atomic mass is 10.2. The molecule has 6 nitrogen and oxygen atoms in total. The summed E-state index contributed by atoms with van der Waals surface area (Å²) in [6.07, 6.45) is -0.805. The minimum absolute atomic E-state index is 0.0506. The van der Waals surface area contributed by atoms with E-state index in [2.05, 4.69) is 10.6 Å². The lowest BCUT2D eigenvalue weighted by Crippen LogP contribution is -2.47. The second-order valence-electron chi connectivity index (χ2n) is 6.24. The van der Waals surface area contributed by atoms with E-state index in [0.29, 0.717) is 34.6 Å². The van der Waals surface area contributed by atoms with Crippen LogP contribution in [0.1, 0.15) is 6.92 Å². The van der Waals surface area contributed by atoms with E-state index in [4.69, 9.17) is 39.5 Å². The van der Waals surface area contributed by atoms with Crippen molar-refractivity contribution < 1.29 is 14.3 Å². The number of amides is 2. The Labute approximate surface area is 177 Å². The Bertz CT molecular complexity index is 907. The van der Waals surface area contributed by atoms with Gasteiger partial charge in [-0.2, -0.15) is 0 Å². The van der Waals surface area contributed by atoms with Gasteiger partial charge in [-0.25, -0.2) is 0 Å². The van der Waals surface area contributed by atoms with E-state index in [1.807, 2.05) is 4.90 Å². The summed E-state index contributed by atoms with van der Waals surface area (Å²) in [7, 11) is 0. The zero-order chi connectivity index (χ0) is 20.3. The molecule has 28 heavy (non-hydrogen) atoms. The second kappa shape index (κ2) is 8.90. The first-order valence-electron chi connectivity index (χ1n) is 8.58. The summed E-state index contributed by atoms with van der Waals surface area (Å²) >= 11 is 18.4. The number of nitrogens with zero attached hydrogens (tertiary/aromatic N) is 1. The van der Waals surface area contributed by atoms with Crippen LogP contribution < -0.4 is 20.3 Å². The van der Waals surface area contributed by atoms with Crippen LogP contribution in [0, 0.1) is 0 Å². The van der Waals surface area contributed by atoms with Crippen LogP contribution in [0.3, 0.4) is 0 Å². The van der Waals surface area contributed by atoms with Crippen molar-refractivity contribution in [3.05, 3.63) is 51.5 Å². The number of hydrogen-bond donors (Lipinski definition) is 2. The van der Waals surface area contributed by atoms with Crippen LogP contribution >= 0.6 is 34.8 Å². The number of nitrogens with one attached hydrogen (secondary N) is 2. The SMILES string of the molecule is CC(Oc1cccc(Cl)c1Cl)C(=O)Nc1ccc(N2CCNC(=O)C2)c(Cl)c1. The van der Waals surface area contributed by atoms with Crippen LogP contribution in [0.2, 0.25) is 15.1 Å². The van der Waals surface area contributed by atoms with E-state index in [-0.39, 0.29) is 23.4 Å². The van der Waals surface area contributed by atoms with Crippen molar-refractivity contribution in [3.63, 3.8) is 0 Å². The van der Waals surface area contributed by atoms with Crippen LogP contribution in [-0.4, -0.2) is 37.6 Å². The number of piperazine rings is 1. The average molecular weight is 443 g/mol. The number of benzene rings is 2. The van der Waals surface area contributed by atoms with Gasteiger partial charge in [0.25, 0.3) is 5.91 Å². The van der Waals surface area contributed by atoms with E-state index in [9.17, 15) is 9.59 Å². The number of hydrogen-bond acceptors (Lipinski definition) is 4. The maximum atomic E-state index is 12.4. The van der Waals surface area contributed by atoms with Crippen molar-refractivity contribution in [2.75, 3.05) is 29.9 Å². The molecule has 0 spiro atoms. The maximum Gasteiger partial charge on any atom is 0.265 e. The molecular formula is C19H18Cl3N3O3. The standard InChI is InChI=1S/C19H18Cl3N3O3/c1-11(28-16-4-2-3-13(20)18(16)22)19(27)24-12-5-6-15(14(21)9-12)25-8-7-23-17(26)10-25/h2-6,9,11H,7-8,10H2,1H3,(H,23,26)(H,24,27). The number of ether oxygens (including phenoxy) is 1. The molecule has 2 N–H and O–H groups in total. The summed E-state index contributed by atoms with van der Waals surface area (Å²) < 4.78 is 5.61. The van der Waals surface area contributed by atoms with Crippen LogP contribution in [-0.2, 0) is 9.59 Å². The van der Waals surface area contributed by atoms with E-state index in [1.165, 1.54) is 0 Å². The van der Waals surface area contributed by atoms with Crippen molar-refractivity contribution in [2.45, 2.75) is 13.0 Å². The minimum atomic E-state index is -0.805. The third-order valence-electron chi connectivity index (χ3n) is 4.18. The summed E-state index contributed by atoms with van der Waals surface area (Å²) in [6, 6.07) is 10.1. The minimum Gasteiger partial charge on any atom is -0.479 e. The van der Waals surface area contributed by atoms with Crippen LogP contribution in [0.4, 0.5) is 11.4 Å². The third kappa shape index (κ3) is 4.82. The molecule has 0 radical (unpaired) electrons. The monoisotopic (exact) mass is 441 g/mol. The van der Waals surface area contributed by atoms with Gasteiger partial charge in [0.05, 0.1) is 22.3 Å². The molecule has 1 atom stereocenters. The van der Waals surface area contributed by atoms with Gasteiger partial charge in [-0.05, 0) is 37.3 Å². The number of rotatable bonds is 5. The molecule has 1 aliphatic heterocycles. The summed E-state index contributed by atoms with van der Waals surface area (Å²) in [6.45, 7) is 3.09. The van der Waals surface area contributed by atoms with E-state index in [0.717, 1.165) is 5.69 Å². The molecule has 1 fully saturated rings. The fourth-order valence-electron chi connectivity index (χ4n) is 2.75. The van der Waals surface area contributed by atoms with Gasteiger partial charge in [-0.3, -0.25) is 9.59 Å². The van der Waals surface area contributed by atoms with E-state index < -0.39 is 6.10 Å². The predicted molar refractivity (Wildman–Crippen MR) is 112 cm³/mol. The molecule has 3 rings (SSSR count). The van der Waals surface area contributed by atoms with Crippen LogP contribution in [0.15, 0.2) is 36.4 Å². The summed E-state index contributed by atoms with van der Waals surface area (Å²) in [5.41, 5.74) is 1.26. The second-order valence-corrected chi connectivity index (χ2v) is 7.43. The van der Waals surface area contributed by atoms with Crippen molar-refractivity contribution >= 4 is 58.0 Å². The first-order chi connectivity index (χ1) is 13.3. The first-order valence-corrected chi connectivity index (χ1v) is 9.71. The molecule has 0 bridgehead atoms. The molecule has 2 aromatic carbocycles. The lowest BCUT2D eigenvalue weighted by molar-refractivity contribution is -0.122. The fourth-order valence-corrected chi connectivity index (χ4v) is 3.38. The highest BCUT2D eigenvalue weighted by molar-refractivity contribution is 6.42. The number of anilines is 2. The smallest absolute Gasteiger partial charge is 0.265 e. The Hall–Kier alpha value is -2.15. The highest BCUT2D eigenvalue weighted by atomic mass is 35.5. The van der Waals surface area contributed by atoms with E-state index in [1.54, 1.807) is 43.3 Å². The highest BCUT2D eigenvalue weighted by Gasteiger charge is 2.20. The van der Waals surface area contributed by atoms with Gasteiger partial charge in [0, 0.05) is 18.8 Å². The molecule has 2 aromatic rings. The predicted octanol–water partition coefficient (Wildman–Crippen LogP) is 3.99. The van der Waals surface area contributed by atoms with Crippen molar-refractivity contribution in [1.29, 1.82) is 0 Å². The normalized spacial score (nSPS) is 15.0. The molecule has 1 aliphatic rings. The number of halogens is 3. The van der Waals surface area contributed by atoms with Crippen molar-refractivity contribution in [2.24, 2.45) is 0 Å². The first kappa shape index (κ1) is 20.6. The fraction of sp³-hybridized carbons (Fsp3) is 0.263. The molecule has 9 heteroatoms. The molecule has 0 saturated carbocycles. The van der Waals surface area contributed by atoms with Gasteiger partial charge in [-0.1, -0.05) is 40.9 Å². The molecule has 0 aliphatic carbocycles. The van der Waals surface area contributed by atoms with Gasteiger partial charge < -0.3 is 20.3 Å². The van der Waals surface area contributed by atoms with Crippen LogP contribution in [0.5, 0.6) is 5.75 Å². The van der Waals surface area contributed by atoms with Gasteiger partial charge in [0.1, 0.15) is 10.8 Å². The molecule has 0 aromatic heterocycles. The Morgan fingerprint density at radius 1 is 1.21 bits per heavy atom. The maximum absolute atomic E-state index is 12.4.